The zero-order valence-electron chi connectivity index (χ0n) is 11.7. The van der Waals surface area contributed by atoms with Crippen molar-refractivity contribution >= 4 is 11.6 Å². The van der Waals surface area contributed by atoms with Crippen molar-refractivity contribution in [1.82, 2.24) is 5.32 Å². The fraction of sp³-hybridized carbons (Fsp3) is 0.625. The van der Waals surface area contributed by atoms with Gasteiger partial charge in [-0.25, -0.2) is 0 Å². The average Bonchev–Trinajstić information content (AvgIpc) is 2.38. The van der Waals surface area contributed by atoms with Crippen molar-refractivity contribution in [3.8, 4) is 0 Å². The van der Waals surface area contributed by atoms with E-state index < -0.39 is 0 Å². The minimum atomic E-state index is 0.459. The number of hydrogen-bond acceptors (Lipinski definition) is 1. The van der Waals surface area contributed by atoms with Gasteiger partial charge in [0, 0.05) is 11.1 Å². The fourth-order valence-electron chi connectivity index (χ4n) is 2.17. The monoisotopic (exact) mass is 267 g/mol. The molecule has 1 nitrogen and oxygen atoms in total. The van der Waals surface area contributed by atoms with Crippen LogP contribution in [0.3, 0.4) is 0 Å². The maximum absolute atomic E-state index is 6.08. The number of rotatable bonds is 9. The van der Waals surface area contributed by atoms with Crippen molar-refractivity contribution in [3.63, 3.8) is 0 Å². The topological polar surface area (TPSA) is 12.0 Å². The largest absolute Gasteiger partial charge is 0.310 e. The number of hydrogen-bond donors (Lipinski definition) is 1. The zero-order chi connectivity index (χ0) is 13.2. The van der Waals surface area contributed by atoms with Gasteiger partial charge >= 0.3 is 0 Å². The molecule has 102 valence electrons. The Bertz CT molecular complexity index is 325. The van der Waals surface area contributed by atoms with Crippen molar-refractivity contribution in [1.29, 1.82) is 0 Å². The summed E-state index contributed by atoms with van der Waals surface area (Å²) in [5.41, 5.74) is 1.33. The van der Waals surface area contributed by atoms with Crippen LogP contribution in [0, 0.1) is 0 Å². The third-order valence-corrected chi connectivity index (χ3v) is 3.50. The summed E-state index contributed by atoms with van der Waals surface area (Å²) >= 11 is 6.08. The highest BCUT2D eigenvalue weighted by molar-refractivity contribution is 6.30. The predicted molar refractivity (Wildman–Crippen MR) is 81.2 cm³/mol. The van der Waals surface area contributed by atoms with Gasteiger partial charge in [0.1, 0.15) is 0 Å². The molecule has 1 aromatic carbocycles. The van der Waals surface area contributed by atoms with Crippen LogP contribution in [-0.4, -0.2) is 6.54 Å². The Balaban J connectivity index is 2.54. The highest BCUT2D eigenvalue weighted by atomic mass is 35.5. The molecular formula is C16H26ClN. The van der Waals surface area contributed by atoms with Gasteiger partial charge in [0.2, 0.25) is 0 Å². The molecule has 2 heteroatoms. The summed E-state index contributed by atoms with van der Waals surface area (Å²) in [6, 6.07) is 8.72. The van der Waals surface area contributed by atoms with Crippen LogP contribution in [-0.2, 0) is 0 Å². The van der Waals surface area contributed by atoms with Crippen molar-refractivity contribution in [2.45, 2.75) is 58.4 Å². The predicted octanol–water partition coefficient (Wildman–Crippen LogP) is 5.35. The molecule has 1 N–H and O–H groups in total. The van der Waals surface area contributed by atoms with Gasteiger partial charge in [0.25, 0.3) is 0 Å². The summed E-state index contributed by atoms with van der Waals surface area (Å²) in [4.78, 5) is 0. The van der Waals surface area contributed by atoms with Gasteiger partial charge < -0.3 is 5.32 Å². The summed E-state index contributed by atoms with van der Waals surface area (Å²) < 4.78 is 0. The third kappa shape index (κ3) is 5.88. The lowest BCUT2D eigenvalue weighted by Gasteiger charge is -2.19. The normalized spacial score (nSPS) is 12.6. The summed E-state index contributed by atoms with van der Waals surface area (Å²) in [7, 11) is 0. The SMILES string of the molecule is CCCCCNC(CCCC)c1cccc(Cl)c1. The van der Waals surface area contributed by atoms with E-state index in [9.17, 15) is 0 Å². The van der Waals surface area contributed by atoms with Crippen LogP contribution in [0.4, 0.5) is 0 Å². The molecule has 0 radical (unpaired) electrons. The lowest BCUT2D eigenvalue weighted by atomic mass is 10.0. The quantitative estimate of drug-likeness (QED) is 0.595. The molecule has 1 aromatic rings. The second-order valence-electron chi connectivity index (χ2n) is 4.91. The molecule has 0 bridgehead atoms. The van der Waals surface area contributed by atoms with Crippen molar-refractivity contribution in [3.05, 3.63) is 34.9 Å². The molecule has 0 aliphatic heterocycles. The Morgan fingerprint density at radius 3 is 2.56 bits per heavy atom. The Labute approximate surface area is 117 Å². The number of unbranched alkanes of at least 4 members (excludes halogenated alkanes) is 3. The van der Waals surface area contributed by atoms with Gasteiger partial charge in [0.05, 0.1) is 0 Å². The molecule has 0 aliphatic rings. The van der Waals surface area contributed by atoms with Gasteiger partial charge in [-0.05, 0) is 37.1 Å². The maximum Gasteiger partial charge on any atom is 0.0409 e. The third-order valence-electron chi connectivity index (χ3n) is 3.27. The van der Waals surface area contributed by atoms with Crippen molar-refractivity contribution in [2.75, 3.05) is 6.54 Å². The summed E-state index contributed by atoms with van der Waals surface area (Å²) in [6.07, 6.45) is 7.55. The Kier molecular flexibility index (Phi) is 8.11. The molecule has 0 heterocycles. The first-order valence-corrected chi connectivity index (χ1v) is 7.64. The molecule has 18 heavy (non-hydrogen) atoms. The van der Waals surface area contributed by atoms with Crippen molar-refractivity contribution < 1.29 is 0 Å². The first-order valence-electron chi connectivity index (χ1n) is 7.26. The van der Waals surface area contributed by atoms with E-state index in [1.54, 1.807) is 0 Å². The first-order chi connectivity index (χ1) is 8.77. The van der Waals surface area contributed by atoms with Crippen LogP contribution in [0.2, 0.25) is 5.02 Å². The van der Waals surface area contributed by atoms with Crippen LogP contribution in [0.25, 0.3) is 0 Å². The Hall–Kier alpha value is -0.530. The average molecular weight is 268 g/mol. The Morgan fingerprint density at radius 1 is 1.11 bits per heavy atom. The molecule has 1 unspecified atom stereocenters. The fourth-order valence-corrected chi connectivity index (χ4v) is 2.37. The van der Waals surface area contributed by atoms with E-state index in [1.807, 2.05) is 12.1 Å². The van der Waals surface area contributed by atoms with E-state index in [2.05, 4.69) is 31.3 Å². The highest BCUT2D eigenvalue weighted by Gasteiger charge is 2.10. The summed E-state index contributed by atoms with van der Waals surface area (Å²) in [5.74, 6) is 0. The molecule has 1 rings (SSSR count). The smallest absolute Gasteiger partial charge is 0.0409 e. The molecule has 0 amide bonds. The minimum absolute atomic E-state index is 0.459. The number of nitrogens with one attached hydrogen (secondary N) is 1. The van der Waals surface area contributed by atoms with E-state index in [4.69, 9.17) is 11.6 Å². The van der Waals surface area contributed by atoms with Gasteiger partial charge in [-0.15, -0.1) is 0 Å². The zero-order valence-corrected chi connectivity index (χ0v) is 12.5. The lowest BCUT2D eigenvalue weighted by molar-refractivity contribution is 0.470. The maximum atomic E-state index is 6.08. The van der Waals surface area contributed by atoms with Crippen LogP contribution >= 0.6 is 11.6 Å². The van der Waals surface area contributed by atoms with Crippen LogP contribution in [0.5, 0.6) is 0 Å². The second-order valence-corrected chi connectivity index (χ2v) is 5.35. The highest BCUT2D eigenvalue weighted by Crippen LogP contribution is 2.22. The molecule has 0 saturated heterocycles. The van der Waals surface area contributed by atoms with E-state index >= 15 is 0 Å². The van der Waals surface area contributed by atoms with Crippen LogP contribution in [0.15, 0.2) is 24.3 Å². The molecule has 0 aliphatic carbocycles. The van der Waals surface area contributed by atoms with Crippen LogP contribution < -0.4 is 5.32 Å². The molecule has 0 fully saturated rings. The molecule has 0 spiro atoms. The standard InChI is InChI=1S/C16H26ClN/c1-3-5-7-12-18-16(11-6-4-2)14-9-8-10-15(17)13-14/h8-10,13,16,18H,3-7,11-12H2,1-2H3. The van der Waals surface area contributed by atoms with Gasteiger partial charge in [-0.2, -0.15) is 0 Å². The summed E-state index contributed by atoms with van der Waals surface area (Å²) in [6.45, 7) is 5.59. The number of benzene rings is 1. The first kappa shape index (κ1) is 15.5. The van der Waals surface area contributed by atoms with Gasteiger partial charge in [0.15, 0.2) is 0 Å². The van der Waals surface area contributed by atoms with Crippen molar-refractivity contribution in [2.24, 2.45) is 0 Å². The van der Waals surface area contributed by atoms with E-state index in [0.717, 1.165) is 11.6 Å². The molecule has 0 saturated carbocycles. The molecule has 0 aromatic heterocycles. The summed E-state index contributed by atoms with van der Waals surface area (Å²) in [5, 5.41) is 4.51. The van der Waals surface area contributed by atoms with Gasteiger partial charge in [-0.3, -0.25) is 0 Å². The lowest BCUT2D eigenvalue weighted by Crippen LogP contribution is -2.22. The van der Waals surface area contributed by atoms with E-state index in [0.29, 0.717) is 6.04 Å². The van der Waals surface area contributed by atoms with E-state index in [1.165, 1.54) is 44.1 Å². The Morgan fingerprint density at radius 2 is 1.89 bits per heavy atom. The number of halogens is 1. The second kappa shape index (κ2) is 9.41. The molecule has 1 atom stereocenters. The van der Waals surface area contributed by atoms with E-state index in [-0.39, 0.29) is 0 Å². The van der Waals surface area contributed by atoms with Gasteiger partial charge in [-0.1, -0.05) is 63.3 Å². The minimum Gasteiger partial charge on any atom is -0.310 e. The molecular weight excluding hydrogens is 242 g/mol. The van der Waals surface area contributed by atoms with Crippen LogP contribution in [0.1, 0.15) is 64.0 Å².